The molecule has 0 unspecified atom stereocenters. The van der Waals surface area contributed by atoms with Gasteiger partial charge in [0.2, 0.25) is 0 Å². The molecule has 0 aromatic carbocycles. The van der Waals surface area contributed by atoms with E-state index in [0.29, 0.717) is 19.6 Å². The Morgan fingerprint density at radius 3 is 2.80 bits per heavy atom. The van der Waals surface area contributed by atoms with Crippen molar-refractivity contribution < 1.29 is 19.4 Å². The Hall–Kier alpha value is -0.650. The fraction of sp³-hybridized carbons (Fsp3) is 0.900. The number of hydrogen-bond acceptors (Lipinski definition) is 5. The quantitative estimate of drug-likeness (QED) is 0.488. The van der Waals surface area contributed by atoms with Gasteiger partial charge >= 0.3 is 5.97 Å². The Kier molecular flexibility index (Phi) is 5.01. The standard InChI is InChI=1S/C10H19NO4/c1-7(2)14-3-4-15-10(13)9-5-8(12)6-11-9/h7-9,11-12H,3-6H2,1-2H3/t8-,9+/m1/s1. The first kappa shape index (κ1) is 12.4. The zero-order valence-electron chi connectivity index (χ0n) is 9.23. The van der Waals surface area contributed by atoms with Crippen molar-refractivity contribution >= 4 is 5.97 Å². The number of nitrogens with one attached hydrogen (secondary N) is 1. The molecule has 15 heavy (non-hydrogen) atoms. The Balaban J connectivity index is 2.08. The van der Waals surface area contributed by atoms with Crippen molar-refractivity contribution in [1.82, 2.24) is 5.32 Å². The molecule has 1 aliphatic heterocycles. The molecule has 1 fully saturated rings. The Labute approximate surface area is 89.8 Å². The highest BCUT2D eigenvalue weighted by atomic mass is 16.6. The molecule has 0 aliphatic carbocycles. The molecule has 0 aromatic rings. The highest BCUT2D eigenvalue weighted by molar-refractivity contribution is 5.76. The topological polar surface area (TPSA) is 67.8 Å². The number of carbonyl (C=O) groups excluding carboxylic acids is 1. The highest BCUT2D eigenvalue weighted by Crippen LogP contribution is 2.07. The van der Waals surface area contributed by atoms with Crippen LogP contribution >= 0.6 is 0 Å². The van der Waals surface area contributed by atoms with Crippen LogP contribution in [0.5, 0.6) is 0 Å². The number of esters is 1. The Morgan fingerprint density at radius 2 is 2.27 bits per heavy atom. The average Bonchev–Trinajstić information content (AvgIpc) is 2.59. The van der Waals surface area contributed by atoms with Gasteiger partial charge in [-0.05, 0) is 13.8 Å². The molecule has 1 heterocycles. The molecule has 0 amide bonds. The minimum absolute atomic E-state index is 0.148. The number of aliphatic hydroxyl groups excluding tert-OH is 1. The summed E-state index contributed by atoms with van der Waals surface area (Å²) >= 11 is 0. The van der Waals surface area contributed by atoms with Crippen LogP contribution < -0.4 is 5.32 Å². The third kappa shape index (κ3) is 4.59. The zero-order valence-corrected chi connectivity index (χ0v) is 9.23. The van der Waals surface area contributed by atoms with Gasteiger partial charge < -0.3 is 19.9 Å². The predicted molar refractivity (Wildman–Crippen MR) is 54.5 cm³/mol. The normalized spacial score (nSPS) is 25.9. The summed E-state index contributed by atoms with van der Waals surface area (Å²) in [4.78, 5) is 11.4. The van der Waals surface area contributed by atoms with E-state index in [1.165, 1.54) is 0 Å². The van der Waals surface area contributed by atoms with Crippen LogP contribution in [0.4, 0.5) is 0 Å². The van der Waals surface area contributed by atoms with Crippen molar-refractivity contribution in [3.8, 4) is 0 Å². The maximum Gasteiger partial charge on any atom is 0.323 e. The number of ether oxygens (including phenoxy) is 2. The largest absolute Gasteiger partial charge is 0.462 e. The van der Waals surface area contributed by atoms with E-state index in [0.717, 1.165) is 0 Å². The minimum atomic E-state index is -0.436. The van der Waals surface area contributed by atoms with Gasteiger partial charge in [0.05, 0.1) is 18.8 Å². The SMILES string of the molecule is CC(C)OCCOC(=O)[C@@H]1C[C@@H](O)CN1. The summed E-state index contributed by atoms with van der Waals surface area (Å²) in [6, 6.07) is -0.362. The monoisotopic (exact) mass is 217 g/mol. The lowest BCUT2D eigenvalue weighted by Crippen LogP contribution is -2.33. The molecule has 5 nitrogen and oxygen atoms in total. The molecule has 2 N–H and O–H groups in total. The lowest BCUT2D eigenvalue weighted by molar-refractivity contribution is -0.147. The van der Waals surface area contributed by atoms with Crippen LogP contribution in [0.2, 0.25) is 0 Å². The smallest absolute Gasteiger partial charge is 0.323 e. The number of hydrogen-bond donors (Lipinski definition) is 2. The van der Waals surface area contributed by atoms with E-state index in [2.05, 4.69) is 5.32 Å². The second kappa shape index (κ2) is 6.05. The van der Waals surface area contributed by atoms with Crippen molar-refractivity contribution in [2.75, 3.05) is 19.8 Å². The summed E-state index contributed by atoms with van der Waals surface area (Å²) in [7, 11) is 0. The van der Waals surface area contributed by atoms with E-state index in [1.54, 1.807) is 0 Å². The van der Waals surface area contributed by atoms with Crippen LogP contribution in [0.25, 0.3) is 0 Å². The molecule has 0 bridgehead atoms. The Morgan fingerprint density at radius 1 is 1.53 bits per heavy atom. The Bertz CT molecular complexity index is 208. The number of aliphatic hydroxyl groups is 1. The van der Waals surface area contributed by atoms with Crippen LogP contribution in [0.1, 0.15) is 20.3 Å². The molecule has 88 valence electrons. The predicted octanol–water partition coefficient (Wildman–Crippen LogP) is -0.323. The maximum absolute atomic E-state index is 11.4. The second-order valence-electron chi connectivity index (χ2n) is 3.94. The lowest BCUT2D eigenvalue weighted by Gasteiger charge is -2.11. The van der Waals surface area contributed by atoms with E-state index in [-0.39, 0.29) is 24.7 Å². The van der Waals surface area contributed by atoms with Gasteiger partial charge in [0.15, 0.2) is 0 Å². The van der Waals surface area contributed by atoms with Crippen LogP contribution in [0, 0.1) is 0 Å². The van der Waals surface area contributed by atoms with Gasteiger partial charge in [0, 0.05) is 13.0 Å². The van der Waals surface area contributed by atoms with E-state index in [1.807, 2.05) is 13.8 Å². The molecule has 1 saturated heterocycles. The second-order valence-corrected chi connectivity index (χ2v) is 3.94. The van der Waals surface area contributed by atoms with Gasteiger partial charge in [-0.25, -0.2) is 0 Å². The van der Waals surface area contributed by atoms with Gasteiger partial charge in [-0.3, -0.25) is 4.79 Å². The summed E-state index contributed by atoms with van der Waals surface area (Å²) in [5, 5.41) is 12.1. The molecule has 1 aliphatic rings. The molecule has 0 aromatic heterocycles. The van der Waals surface area contributed by atoms with Crippen LogP contribution in [-0.4, -0.2) is 49.1 Å². The molecular formula is C10H19NO4. The minimum Gasteiger partial charge on any atom is -0.462 e. The van der Waals surface area contributed by atoms with E-state index >= 15 is 0 Å². The first-order valence-electron chi connectivity index (χ1n) is 5.29. The van der Waals surface area contributed by atoms with Crippen LogP contribution in [0.3, 0.4) is 0 Å². The summed E-state index contributed by atoms with van der Waals surface area (Å²) in [5.74, 6) is -0.307. The summed E-state index contributed by atoms with van der Waals surface area (Å²) < 4.78 is 10.2. The van der Waals surface area contributed by atoms with Gasteiger partial charge in [-0.15, -0.1) is 0 Å². The van der Waals surface area contributed by atoms with E-state index in [9.17, 15) is 9.90 Å². The third-order valence-electron chi connectivity index (χ3n) is 2.17. The van der Waals surface area contributed by atoms with Crippen molar-refractivity contribution in [3.05, 3.63) is 0 Å². The third-order valence-corrected chi connectivity index (χ3v) is 2.17. The summed E-state index contributed by atoms with van der Waals surface area (Å²) in [6.07, 6.45) is 0.147. The molecular weight excluding hydrogens is 198 g/mol. The molecule has 0 saturated carbocycles. The van der Waals surface area contributed by atoms with Crippen molar-refractivity contribution in [3.63, 3.8) is 0 Å². The first-order chi connectivity index (χ1) is 7.09. The first-order valence-corrected chi connectivity index (χ1v) is 5.29. The molecule has 0 spiro atoms. The van der Waals surface area contributed by atoms with Crippen LogP contribution in [-0.2, 0) is 14.3 Å². The van der Waals surface area contributed by atoms with Gasteiger partial charge in [-0.2, -0.15) is 0 Å². The van der Waals surface area contributed by atoms with Gasteiger partial charge in [0.25, 0.3) is 0 Å². The van der Waals surface area contributed by atoms with Crippen LogP contribution in [0.15, 0.2) is 0 Å². The number of rotatable bonds is 5. The molecule has 0 radical (unpaired) electrons. The van der Waals surface area contributed by atoms with E-state index in [4.69, 9.17) is 9.47 Å². The highest BCUT2D eigenvalue weighted by Gasteiger charge is 2.28. The maximum atomic E-state index is 11.4. The summed E-state index contributed by atoms with van der Waals surface area (Å²) in [5.41, 5.74) is 0. The number of β-amino-alcohol motifs (C(OH)–C–C–N with tert-alkyl or cyclic N) is 1. The van der Waals surface area contributed by atoms with Gasteiger partial charge in [0.1, 0.15) is 12.6 Å². The van der Waals surface area contributed by atoms with E-state index < -0.39 is 6.10 Å². The average molecular weight is 217 g/mol. The molecule has 5 heteroatoms. The fourth-order valence-corrected chi connectivity index (χ4v) is 1.42. The lowest BCUT2D eigenvalue weighted by atomic mass is 10.2. The van der Waals surface area contributed by atoms with Gasteiger partial charge in [-0.1, -0.05) is 0 Å². The van der Waals surface area contributed by atoms with Crippen molar-refractivity contribution in [1.29, 1.82) is 0 Å². The van der Waals surface area contributed by atoms with Crippen molar-refractivity contribution in [2.24, 2.45) is 0 Å². The molecule has 2 atom stereocenters. The summed E-state index contributed by atoms with van der Waals surface area (Å²) in [6.45, 7) is 5.00. The number of carbonyl (C=O) groups is 1. The van der Waals surface area contributed by atoms with Crippen molar-refractivity contribution in [2.45, 2.75) is 38.5 Å². The molecule has 1 rings (SSSR count). The fourth-order valence-electron chi connectivity index (χ4n) is 1.42. The zero-order chi connectivity index (χ0) is 11.3.